The van der Waals surface area contributed by atoms with Crippen LogP contribution in [0, 0.1) is 0 Å². The number of aromatic nitrogens is 2. The molecule has 0 aliphatic carbocycles. The first kappa shape index (κ1) is 19.5. The quantitative estimate of drug-likeness (QED) is 0.611. The van der Waals surface area contributed by atoms with Crippen molar-refractivity contribution in [3.63, 3.8) is 0 Å². The molecule has 1 fully saturated rings. The summed E-state index contributed by atoms with van der Waals surface area (Å²) in [6.45, 7) is 7.88. The molecule has 0 unspecified atom stereocenters. The van der Waals surface area contributed by atoms with E-state index in [0.717, 1.165) is 55.6 Å². The lowest BCUT2D eigenvalue weighted by Gasteiger charge is -2.37. The zero-order chi connectivity index (χ0) is 20.1. The zero-order valence-electron chi connectivity index (χ0n) is 16.9. The number of nitrogens with one attached hydrogen (secondary N) is 1. The van der Waals surface area contributed by atoms with Crippen molar-refractivity contribution in [1.82, 2.24) is 14.5 Å². The van der Waals surface area contributed by atoms with Gasteiger partial charge in [-0.25, -0.2) is 4.98 Å². The van der Waals surface area contributed by atoms with Crippen LogP contribution in [-0.2, 0) is 6.67 Å². The normalized spacial score (nSPS) is 15.0. The molecule has 1 aromatic heterocycles. The molecule has 29 heavy (non-hydrogen) atoms. The van der Waals surface area contributed by atoms with E-state index in [4.69, 9.17) is 9.72 Å². The molecule has 7 nitrogen and oxygen atoms in total. The number of imidazole rings is 1. The second kappa shape index (κ2) is 9.15. The van der Waals surface area contributed by atoms with Crippen molar-refractivity contribution in [3.8, 4) is 5.75 Å². The first-order valence-corrected chi connectivity index (χ1v) is 10.3. The third kappa shape index (κ3) is 4.31. The van der Waals surface area contributed by atoms with Crippen molar-refractivity contribution in [2.45, 2.75) is 13.6 Å². The highest BCUT2D eigenvalue weighted by Crippen LogP contribution is 2.29. The third-order valence-corrected chi connectivity index (χ3v) is 5.27. The van der Waals surface area contributed by atoms with Gasteiger partial charge in [0.05, 0.1) is 36.6 Å². The Balaban J connectivity index is 1.46. The van der Waals surface area contributed by atoms with E-state index >= 15 is 0 Å². The monoisotopic (exact) mass is 395 g/mol. The maximum atomic E-state index is 9.19. The maximum absolute atomic E-state index is 9.19. The fourth-order valence-electron chi connectivity index (χ4n) is 3.85. The lowest BCUT2D eigenvalue weighted by atomic mass is 10.2. The van der Waals surface area contributed by atoms with Crippen molar-refractivity contribution in [2.24, 2.45) is 0 Å². The molecule has 3 aromatic rings. The number of fused-ring (bicyclic) bond motifs is 1. The Kier molecular flexibility index (Phi) is 6.17. The number of para-hydroxylation sites is 4. The fourth-order valence-corrected chi connectivity index (χ4v) is 3.85. The molecule has 0 atom stereocenters. The average Bonchev–Trinajstić information content (AvgIpc) is 3.11. The lowest BCUT2D eigenvalue weighted by molar-refractivity contribution is 0.209. The lowest BCUT2D eigenvalue weighted by Crippen LogP contribution is -2.47. The Labute approximate surface area is 171 Å². The molecule has 2 heterocycles. The van der Waals surface area contributed by atoms with E-state index in [9.17, 15) is 5.11 Å². The molecular formula is C22H29N5O2. The number of aliphatic hydroxyl groups excluding tert-OH is 1. The Morgan fingerprint density at radius 3 is 2.59 bits per heavy atom. The molecule has 0 radical (unpaired) electrons. The van der Waals surface area contributed by atoms with Crippen LogP contribution in [-0.4, -0.2) is 65.5 Å². The first-order valence-electron chi connectivity index (χ1n) is 10.3. The summed E-state index contributed by atoms with van der Waals surface area (Å²) in [7, 11) is 0. The number of anilines is 2. The second-order valence-electron chi connectivity index (χ2n) is 7.15. The minimum absolute atomic E-state index is 0.0844. The Morgan fingerprint density at radius 1 is 1.03 bits per heavy atom. The highest BCUT2D eigenvalue weighted by Gasteiger charge is 2.21. The van der Waals surface area contributed by atoms with E-state index in [2.05, 4.69) is 37.9 Å². The minimum atomic E-state index is 0.0844. The van der Waals surface area contributed by atoms with E-state index in [1.807, 2.05) is 37.3 Å². The zero-order valence-corrected chi connectivity index (χ0v) is 16.9. The van der Waals surface area contributed by atoms with Gasteiger partial charge in [0.2, 0.25) is 5.95 Å². The summed E-state index contributed by atoms with van der Waals surface area (Å²) in [5.41, 5.74) is 3.25. The predicted molar refractivity (Wildman–Crippen MR) is 117 cm³/mol. The van der Waals surface area contributed by atoms with Crippen LogP contribution in [0.4, 0.5) is 11.6 Å². The number of piperazine rings is 1. The molecule has 0 bridgehead atoms. The van der Waals surface area contributed by atoms with Crippen LogP contribution in [0.15, 0.2) is 48.5 Å². The van der Waals surface area contributed by atoms with Crippen LogP contribution in [0.3, 0.4) is 0 Å². The first-order chi connectivity index (χ1) is 14.3. The van der Waals surface area contributed by atoms with Gasteiger partial charge in [-0.1, -0.05) is 24.3 Å². The van der Waals surface area contributed by atoms with E-state index in [-0.39, 0.29) is 6.61 Å². The Hall–Kier alpha value is -2.77. The second-order valence-corrected chi connectivity index (χ2v) is 7.15. The van der Waals surface area contributed by atoms with Crippen LogP contribution in [0.5, 0.6) is 5.75 Å². The summed E-state index contributed by atoms with van der Waals surface area (Å²) in [6, 6.07) is 16.4. The van der Waals surface area contributed by atoms with Gasteiger partial charge in [-0.15, -0.1) is 0 Å². The van der Waals surface area contributed by atoms with Gasteiger partial charge in [0.15, 0.2) is 0 Å². The predicted octanol–water partition coefficient (Wildman–Crippen LogP) is 2.62. The molecule has 0 amide bonds. The molecule has 2 aromatic carbocycles. The summed E-state index contributed by atoms with van der Waals surface area (Å²) in [6.07, 6.45) is 0. The maximum Gasteiger partial charge on any atom is 0.205 e. The van der Waals surface area contributed by atoms with Crippen LogP contribution < -0.4 is 15.0 Å². The molecule has 2 N–H and O–H groups in total. The molecule has 0 saturated carbocycles. The van der Waals surface area contributed by atoms with Crippen molar-refractivity contribution in [1.29, 1.82) is 0 Å². The highest BCUT2D eigenvalue weighted by molar-refractivity contribution is 5.78. The SMILES string of the molecule is CCOc1ccccc1N1CCN(Cn2c(NCCO)nc3ccccc32)CC1. The molecular weight excluding hydrogens is 366 g/mol. The van der Waals surface area contributed by atoms with E-state index in [1.165, 1.54) is 5.69 Å². The van der Waals surface area contributed by atoms with Gasteiger partial charge in [0.1, 0.15) is 5.75 Å². The number of hydrogen-bond donors (Lipinski definition) is 2. The van der Waals surface area contributed by atoms with Crippen LogP contribution >= 0.6 is 0 Å². The molecule has 1 saturated heterocycles. The molecule has 4 rings (SSSR count). The number of aliphatic hydroxyl groups is 1. The molecule has 7 heteroatoms. The van der Waals surface area contributed by atoms with Gasteiger partial charge < -0.3 is 20.1 Å². The fraction of sp³-hybridized carbons (Fsp3) is 0.409. The Morgan fingerprint density at radius 2 is 1.79 bits per heavy atom. The van der Waals surface area contributed by atoms with Crippen LogP contribution in [0.2, 0.25) is 0 Å². The van der Waals surface area contributed by atoms with Crippen molar-refractivity contribution < 1.29 is 9.84 Å². The number of nitrogens with zero attached hydrogens (tertiary/aromatic N) is 4. The van der Waals surface area contributed by atoms with Crippen molar-refractivity contribution in [3.05, 3.63) is 48.5 Å². The molecule has 1 aliphatic rings. The summed E-state index contributed by atoms with van der Waals surface area (Å²) in [4.78, 5) is 9.54. The standard InChI is InChI=1S/C22H29N5O2/c1-2-29-21-10-6-5-9-20(21)26-14-12-25(13-15-26)17-27-19-8-4-3-7-18(19)24-22(27)23-11-16-28/h3-10,28H,2,11-17H2,1H3,(H,23,24). The van der Waals surface area contributed by atoms with Gasteiger partial charge in [0.25, 0.3) is 0 Å². The summed E-state index contributed by atoms with van der Waals surface area (Å²) in [5.74, 6) is 1.77. The Bertz CT molecular complexity index is 934. The smallest absolute Gasteiger partial charge is 0.205 e. The summed E-state index contributed by atoms with van der Waals surface area (Å²) >= 11 is 0. The number of hydrogen-bond acceptors (Lipinski definition) is 6. The summed E-state index contributed by atoms with van der Waals surface area (Å²) in [5, 5.41) is 12.4. The topological polar surface area (TPSA) is 65.8 Å². The third-order valence-electron chi connectivity index (χ3n) is 5.27. The number of ether oxygens (including phenoxy) is 1. The van der Waals surface area contributed by atoms with E-state index in [0.29, 0.717) is 13.2 Å². The minimum Gasteiger partial charge on any atom is -0.492 e. The van der Waals surface area contributed by atoms with Gasteiger partial charge in [-0.3, -0.25) is 9.47 Å². The average molecular weight is 396 g/mol. The van der Waals surface area contributed by atoms with Crippen molar-refractivity contribution >= 4 is 22.7 Å². The molecule has 0 spiro atoms. The van der Waals surface area contributed by atoms with Gasteiger partial charge >= 0.3 is 0 Å². The van der Waals surface area contributed by atoms with Crippen molar-refractivity contribution in [2.75, 3.05) is 56.2 Å². The molecule has 1 aliphatic heterocycles. The van der Waals surface area contributed by atoms with Crippen LogP contribution in [0.25, 0.3) is 11.0 Å². The summed E-state index contributed by atoms with van der Waals surface area (Å²) < 4.78 is 8.01. The van der Waals surface area contributed by atoms with Gasteiger partial charge in [-0.2, -0.15) is 0 Å². The van der Waals surface area contributed by atoms with E-state index < -0.39 is 0 Å². The largest absolute Gasteiger partial charge is 0.492 e. The highest BCUT2D eigenvalue weighted by atomic mass is 16.5. The van der Waals surface area contributed by atoms with Crippen LogP contribution in [0.1, 0.15) is 6.92 Å². The number of benzene rings is 2. The number of rotatable bonds is 8. The van der Waals surface area contributed by atoms with E-state index in [1.54, 1.807) is 0 Å². The molecule has 154 valence electrons. The van der Waals surface area contributed by atoms with Gasteiger partial charge in [0, 0.05) is 32.7 Å². The van der Waals surface area contributed by atoms with Gasteiger partial charge in [-0.05, 0) is 31.2 Å².